The van der Waals surface area contributed by atoms with E-state index in [1.54, 1.807) is 6.07 Å². The Kier molecular flexibility index (Phi) is 8.25. The molecule has 1 rings (SSSR count). The summed E-state index contributed by atoms with van der Waals surface area (Å²) in [6.45, 7) is 8.45. The summed E-state index contributed by atoms with van der Waals surface area (Å²) in [5.41, 5.74) is 0.781. The first kappa shape index (κ1) is 19.3. The number of rotatable bonds is 10. The van der Waals surface area contributed by atoms with Gasteiger partial charge in [-0.3, -0.25) is 9.05 Å². The summed E-state index contributed by atoms with van der Waals surface area (Å²) >= 11 is 5.32. The van der Waals surface area contributed by atoms with Gasteiger partial charge in [-0.05, 0) is 33.1 Å². The van der Waals surface area contributed by atoms with Crippen LogP contribution in [0.25, 0.3) is 0 Å². The van der Waals surface area contributed by atoms with Crippen LogP contribution in [0.2, 0.25) is 0 Å². The van der Waals surface area contributed by atoms with Gasteiger partial charge in [0.25, 0.3) is 0 Å². The van der Waals surface area contributed by atoms with Crippen LogP contribution < -0.4 is 9.26 Å². The molecule has 0 saturated carbocycles. The number of aromatic nitrogens is 2. The fourth-order valence-electron chi connectivity index (χ4n) is 1.52. The quantitative estimate of drug-likeness (QED) is 0.594. The van der Waals surface area contributed by atoms with Crippen LogP contribution in [0.1, 0.15) is 39.7 Å². The third-order valence-corrected chi connectivity index (χ3v) is 5.04. The largest absolute Gasteiger partial charge is 0.477 e. The molecule has 0 bridgehead atoms. The second kappa shape index (κ2) is 9.40. The van der Waals surface area contributed by atoms with Gasteiger partial charge in [-0.25, -0.2) is 0 Å². The first-order chi connectivity index (χ1) is 10.4. The Morgan fingerprint density at radius 2 is 1.82 bits per heavy atom. The van der Waals surface area contributed by atoms with E-state index in [2.05, 4.69) is 24.0 Å². The van der Waals surface area contributed by atoms with Crippen LogP contribution in [0.15, 0.2) is 6.07 Å². The molecule has 0 N–H and O–H groups in total. The van der Waals surface area contributed by atoms with E-state index in [0.29, 0.717) is 37.5 Å². The molecule has 6 nitrogen and oxygen atoms in total. The summed E-state index contributed by atoms with van der Waals surface area (Å²) in [6, 6.07) is 1.78. The average Bonchev–Trinajstić information content (AvgIpc) is 2.42. The van der Waals surface area contributed by atoms with Crippen molar-refractivity contribution in [2.24, 2.45) is 5.92 Å². The van der Waals surface area contributed by atoms with E-state index in [4.69, 9.17) is 30.1 Å². The standard InChI is InChI=1S/C14H25N2O4PS/c1-6-18-21(22,19-7-2)20-14-12(5)10-13(15-16-14)17-9-8-11(3)4/h10-11H,6-9H2,1-5H3. The summed E-state index contributed by atoms with van der Waals surface area (Å²) in [5, 5.41) is 8.03. The van der Waals surface area contributed by atoms with Gasteiger partial charge in [0.15, 0.2) is 0 Å². The van der Waals surface area contributed by atoms with Crippen molar-refractivity contribution in [2.75, 3.05) is 19.8 Å². The highest BCUT2D eigenvalue weighted by Gasteiger charge is 2.23. The molecule has 0 aliphatic heterocycles. The Hall–Kier alpha value is -0.750. The van der Waals surface area contributed by atoms with Crippen molar-refractivity contribution in [3.05, 3.63) is 11.6 Å². The Bertz CT molecular complexity index is 504. The Morgan fingerprint density at radius 3 is 2.32 bits per heavy atom. The van der Waals surface area contributed by atoms with Crippen molar-refractivity contribution < 1.29 is 18.3 Å². The maximum atomic E-state index is 5.66. The van der Waals surface area contributed by atoms with Crippen molar-refractivity contribution >= 4 is 18.5 Å². The number of nitrogens with zero attached hydrogens (tertiary/aromatic N) is 2. The van der Waals surface area contributed by atoms with Gasteiger partial charge < -0.3 is 9.26 Å². The third-order valence-electron chi connectivity index (χ3n) is 2.63. The zero-order valence-corrected chi connectivity index (χ0v) is 15.6. The summed E-state index contributed by atoms with van der Waals surface area (Å²) in [4.78, 5) is 0. The van der Waals surface area contributed by atoms with Crippen molar-refractivity contribution in [1.82, 2.24) is 10.2 Å². The summed E-state index contributed by atoms with van der Waals surface area (Å²) < 4.78 is 22.1. The minimum Gasteiger partial charge on any atom is -0.477 e. The molecule has 22 heavy (non-hydrogen) atoms. The molecule has 0 aliphatic rings. The van der Waals surface area contributed by atoms with Crippen LogP contribution in [-0.2, 0) is 20.9 Å². The van der Waals surface area contributed by atoms with E-state index in [-0.39, 0.29) is 0 Å². The van der Waals surface area contributed by atoms with Gasteiger partial charge in [-0.2, -0.15) is 0 Å². The van der Waals surface area contributed by atoms with Gasteiger partial charge in [0.05, 0.1) is 19.8 Å². The molecule has 0 fully saturated rings. The normalized spacial score (nSPS) is 11.7. The lowest BCUT2D eigenvalue weighted by molar-refractivity contribution is 0.214. The lowest BCUT2D eigenvalue weighted by Crippen LogP contribution is -2.07. The average molecular weight is 348 g/mol. The first-order valence-corrected chi connectivity index (χ1v) is 10.0. The van der Waals surface area contributed by atoms with Crippen LogP contribution in [0.5, 0.6) is 11.8 Å². The molecule has 1 heterocycles. The van der Waals surface area contributed by atoms with Crippen LogP contribution >= 0.6 is 6.72 Å². The van der Waals surface area contributed by atoms with E-state index in [1.165, 1.54) is 0 Å². The van der Waals surface area contributed by atoms with E-state index >= 15 is 0 Å². The zero-order chi connectivity index (χ0) is 16.6. The Labute approximate surface area is 137 Å². The topological polar surface area (TPSA) is 62.7 Å². The van der Waals surface area contributed by atoms with Crippen molar-refractivity contribution in [3.8, 4) is 11.8 Å². The van der Waals surface area contributed by atoms with E-state index < -0.39 is 6.72 Å². The van der Waals surface area contributed by atoms with E-state index in [9.17, 15) is 0 Å². The van der Waals surface area contributed by atoms with Crippen molar-refractivity contribution in [3.63, 3.8) is 0 Å². The van der Waals surface area contributed by atoms with Crippen LogP contribution in [0.4, 0.5) is 0 Å². The van der Waals surface area contributed by atoms with Gasteiger partial charge in [0.2, 0.25) is 11.8 Å². The first-order valence-electron chi connectivity index (χ1n) is 7.46. The van der Waals surface area contributed by atoms with E-state index in [1.807, 2.05) is 20.8 Å². The third kappa shape index (κ3) is 6.57. The van der Waals surface area contributed by atoms with Crippen LogP contribution in [0, 0.1) is 12.8 Å². The van der Waals surface area contributed by atoms with Crippen molar-refractivity contribution in [2.45, 2.75) is 41.0 Å². The molecule has 0 spiro atoms. The minimum atomic E-state index is -2.83. The molecule has 0 amide bonds. The van der Waals surface area contributed by atoms with Crippen LogP contribution in [-0.4, -0.2) is 30.0 Å². The Morgan fingerprint density at radius 1 is 1.18 bits per heavy atom. The second-order valence-corrected chi connectivity index (χ2v) is 8.01. The molecule has 0 aromatic carbocycles. The molecule has 1 aromatic rings. The molecule has 0 saturated heterocycles. The fourth-order valence-corrected chi connectivity index (χ4v) is 3.57. The van der Waals surface area contributed by atoms with Gasteiger partial charge in [-0.1, -0.05) is 13.8 Å². The molecule has 1 aromatic heterocycles. The second-order valence-electron chi connectivity index (χ2n) is 5.08. The molecule has 8 heteroatoms. The van der Waals surface area contributed by atoms with Crippen LogP contribution in [0.3, 0.4) is 0 Å². The predicted octanol–water partition coefficient (Wildman–Crippen LogP) is 3.89. The zero-order valence-electron chi connectivity index (χ0n) is 13.9. The molecular formula is C14H25N2O4PS. The fraction of sp³-hybridized carbons (Fsp3) is 0.714. The predicted molar refractivity (Wildman–Crippen MR) is 89.9 cm³/mol. The highest BCUT2D eigenvalue weighted by atomic mass is 32.5. The van der Waals surface area contributed by atoms with Gasteiger partial charge in [-0.15, -0.1) is 10.2 Å². The highest BCUT2D eigenvalue weighted by molar-refractivity contribution is 8.07. The molecule has 126 valence electrons. The lowest BCUT2D eigenvalue weighted by Gasteiger charge is -2.21. The summed E-state index contributed by atoms with van der Waals surface area (Å²) in [6.07, 6.45) is 0.967. The summed E-state index contributed by atoms with van der Waals surface area (Å²) in [5.74, 6) is 1.38. The number of aryl methyl sites for hydroxylation is 1. The molecule has 0 atom stereocenters. The number of hydrogen-bond donors (Lipinski definition) is 0. The van der Waals surface area contributed by atoms with E-state index in [0.717, 1.165) is 12.0 Å². The smallest absolute Gasteiger partial charge is 0.381 e. The number of ether oxygens (including phenoxy) is 1. The molecule has 0 aliphatic carbocycles. The van der Waals surface area contributed by atoms with Gasteiger partial charge in [0.1, 0.15) is 0 Å². The maximum Gasteiger partial charge on any atom is 0.381 e. The van der Waals surface area contributed by atoms with Gasteiger partial charge in [0, 0.05) is 23.4 Å². The lowest BCUT2D eigenvalue weighted by atomic mass is 10.1. The van der Waals surface area contributed by atoms with Crippen molar-refractivity contribution in [1.29, 1.82) is 0 Å². The highest BCUT2D eigenvalue weighted by Crippen LogP contribution is 2.49. The minimum absolute atomic E-state index is 0.321. The SMILES string of the molecule is CCOP(=S)(OCC)Oc1nnc(OCCC(C)C)cc1C. The van der Waals surface area contributed by atoms with Gasteiger partial charge >= 0.3 is 6.72 Å². The molecular weight excluding hydrogens is 323 g/mol. The molecule has 0 radical (unpaired) electrons. The maximum absolute atomic E-state index is 5.66. The monoisotopic (exact) mass is 348 g/mol. The molecule has 0 unspecified atom stereocenters. The Balaban J connectivity index is 2.74. The number of hydrogen-bond acceptors (Lipinski definition) is 7. The summed E-state index contributed by atoms with van der Waals surface area (Å²) in [7, 11) is 0.